The molecule has 0 aliphatic heterocycles. The summed E-state index contributed by atoms with van der Waals surface area (Å²) in [6.45, 7) is 5.39. The Morgan fingerprint density at radius 3 is 2.27 bits per heavy atom. The van der Waals surface area contributed by atoms with Crippen LogP contribution < -0.4 is 4.74 Å². The van der Waals surface area contributed by atoms with Gasteiger partial charge >= 0.3 is 11.9 Å². The van der Waals surface area contributed by atoms with E-state index in [1.54, 1.807) is 0 Å². The number of carbonyl (C=O) groups excluding carboxylic acids is 2. The van der Waals surface area contributed by atoms with Crippen molar-refractivity contribution in [1.29, 1.82) is 0 Å². The summed E-state index contributed by atoms with van der Waals surface area (Å²) in [4.78, 5) is 24.5. The molecular weight excluding hydrogens is 403 g/mol. The van der Waals surface area contributed by atoms with E-state index in [9.17, 15) is 14.0 Å². The fourth-order valence-electron chi connectivity index (χ4n) is 2.27. The lowest BCUT2D eigenvalue weighted by Crippen LogP contribution is -2.38. The van der Waals surface area contributed by atoms with E-state index in [0.29, 0.717) is 11.1 Å². The molecule has 4 nitrogen and oxygen atoms in total. The second-order valence-corrected chi connectivity index (χ2v) is 7.70. The van der Waals surface area contributed by atoms with Gasteiger partial charge in [-0.3, -0.25) is 9.59 Å². The van der Waals surface area contributed by atoms with E-state index in [1.807, 2.05) is 0 Å². The lowest BCUT2D eigenvalue weighted by Gasteiger charge is -2.21. The van der Waals surface area contributed by atoms with E-state index in [1.165, 1.54) is 57.7 Å². The summed E-state index contributed by atoms with van der Waals surface area (Å²) in [7, 11) is 0. The van der Waals surface area contributed by atoms with Crippen LogP contribution in [0, 0.1) is 11.2 Å². The van der Waals surface area contributed by atoms with Crippen LogP contribution in [0.5, 0.6) is 5.75 Å². The zero-order valence-electron chi connectivity index (χ0n) is 15.8. The smallest absolute Gasteiger partial charge is 0.328 e. The maximum Gasteiger partial charge on any atom is 0.328 e. The second kappa shape index (κ2) is 11.3. The van der Waals surface area contributed by atoms with Crippen molar-refractivity contribution < 1.29 is 23.5 Å². The molecule has 0 aliphatic rings. The Balaban J connectivity index is 2.40. The van der Waals surface area contributed by atoms with Crippen LogP contribution in [0.15, 0.2) is 22.7 Å². The van der Waals surface area contributed by atoms with Crippen LogP contribution in [0.2, 0.25) is 0 Å². The SMILES string of the molecule is CCCCCCCCCOC(=O)C(C)(C)C(=O)Oc1ccc(F)cc1Br. The first-order chi connectivity index (χ1) is 12.3. The molecule has 0 bridgehead atoms. The third-order valence-electron chi connectivity index (χ3n) is 4.10. The molecule has 0 heterocycles. The molecule has 1 aromatic carbocycles. The van der Waals surface area contributed by atoms with Gasteiger partial charge in [0.2, 0.25) is 0 Å². The fourth-order valence-corrected chi connectivity index (χ4v) is 2.71. The molecule has 0 atom stereocenters. The Kier molecular flexibility index (Phi) is 9.84. The normalized spacial score (nSPS) is 11.3. The summed E-state index contributed by atoms with van der Waals surface area (Å²) in [6.07, 6.45) is 7.84. The van der Waals surface area contributed by atoms with Crippen LogP contribution in [0.3, 0.4) is 0 Å². The highest BCUT2D eigenvalue weighted by molar-refractivity contribution is 9.10. The number of hydrogen-bond acceptors (Lipinski definition) is 4. The predicted molar refractivity (Wildman–Crippen MR) is 102 cm³/mol. The highest BCUT2D eigenvalue weighted by atomic mass is 79.9. The molecule has 0 aromatic heterocycles. The van der Waals surface area contributed by atoms with Crippen molar-refractivity contribution in [2.75, 3.05) is 6.61 Å². The average molecular weight is 431 g/mol. The van der Waals surface area contributed by atoms with Crippen LogP contribution in [0.4, 0.5) is 4.39 Å². The van der Waals surface area contributed by atoms with Crippen LogP contribution in [-0.4, -0.2) is 18.5 Å². The van der Waals surface area contributed by atoms with E-state index in [-0.39, 0.29) is 5.75 Å². The van der Waals surface area contributed by atoms with Crippen molar-refractivity contribution in [3.8, 4) is 5.75 Å². The molecule has 1 aromatic rings. The maximum absolute atomic E-state index is 13.1. The average Bonchev–Trinajstić information content (AvgIpc) is 2.59. The Labute approximate surface area is 163 Å². The second-order valence-electron chi connectivity index (χ2n) is 6.85. The number of hydrogen-bond donors (Lipinski definition) is 0. The lowest BCUT2D eigenvalue weighted by atomic mass is 9.94. The van der Waals surface area contributed by atoms with Gasteiger partial charge in [0.1, 0.15) is 11.6 Å². The van der Waals surface area contributed by atoms with Gasteiger partial charge in [-0.25, -0.2) is 4.39 Å². The lowest BCUT2D eigenvalue weighted by molar-refractivity contribution is -0.164. The van der Waals surface area contributed by atoms with Crippen LogP contribution in [0.1, 0.15) is 65.7 Å². The first-order valence-corrected chi connectivity index (χ1v) is 9.93. The molecule has 0 saturated carbocycles. The number of benzene rings is 1. The van der Waals surface area contributed by atoms with Crippen molar-refractivity contribution in [2.24, 2.45) is 5.41 Å². The number of rotatable bonds is 11. The fraction of sp³-hybridized carbons (Fsp3) is 0.600. The highest BCUT2D eigenvalue weighted by Crippen LogP contribution is 2.29. The molecule has 0 unspecified atom stereocenters. The van der Waals surface area contributed by atoms with Gasteiger partial charge in [-0.15, -0.1) is 0 Å². The minimum atomic E-state index is -1.44. The number of unbranched alkanes of at least 4 members (excludes halogenated alkanes) is 6. The van der Waals surface area contributed by atoms with E-state index >= 15 is 0 Å². The molecule has 0 spiro atoms. The molecular formula is C20H28BrFO4. The van der Waals surface area contributed by atoms with E-state index < -0.39 is 23.2 Å². The van der Waals surface area contributed by atoms with Crippen molar-refractivity contribution in [2.45, 2.75) is 65.7 Å². The van der Waals surface area contributed by atoms with Crippen molar-refractivity contribution >= 4 is 27.9 Å². The van der Waals surface area contributed by atoms with Gasteiger partial charge in [0, 0.05) is 0 Å². The van der Waals surface area contributed by atoms with Gasteiger partial charge in [-0.05, 0) is 54.4 Å². The Morgan fingerprint density at radius 1 is 1.04 bits per heavy atom. The first-order valence-electron chi connectivity index (χ1n) is 9.13. The standard InChI is InChI=1S/C20H28BrFO4/c1-4-5-6-7-8-9-10-13-25-18(23)20(2,3)19(24)26-17-12-11-15(22)14-16(17)21/h11-12,14H,4-10,13H2,1-3H3. The molecule has 1 rings (SSSR count). The van der Waals surface area contributed by atoms with Crippen molar-refractivity contribution in [3.05, 3.63) is 28.5 Å². The third-order valence-corrected chi connectivity index (χ3v) is 4.72. The molecule has 0 N–H and O–H groups in total. The molecule has 0 aliphatic carbocycles. The quantitative estimate of drug-likeness (QED) is 0.192. The molecule has 26 heavy (non-hydrogen) atoms. The summed E-state index contributed by atoms with van der Waals surface area (Å²) < 4.78 is 23.8. The summed E-state index contributed by atoms with van der Waals surface area (Å²) >= 11 is 3.13. The maximum atomic E-state index is 13.1. The zero-order chi connectivity index (χ0) is 19.6. The zero-order valence-corrected chi connectivity index (χ0v) is 17.4. The largest absolute Gasteiger partial charge is 0.465 e. The summed E-state index contributed by atoms with van der Waals surface area (Å²) in [5.41, 5.74) is -1.44. The molecule has 0 amide bonds. The Bertz CT molecular complexity index is 601. The minimum absolute atomic E-state index is 0.157. The minimum Gasteiger partial charge on any atom is -0.465 e. The number of ether oxygens (including phenoxy) is 2. The van der Waals surface area contributed by atoms with Crippen molar-refractivity contribution in [3.63, 3.8) is 0 Å². The first kappa shape index (κ1) is 22.6. The summed E-state index contributed by atoms with van der Waals surface area (Å²) in [5, 5.41) is 0. The number of carbonyl (C=O) groups is 2. The van der Waals surface area contributed by atoms with Gasteiger partial charge < -0.3 is 9.47 Å². The molecule has 6 heteroatoms. The molecule has 0 radical (unpaired) electrons. The van der Waals surface area contributed by atoms with Gasteiger partial charge in [0.15, 0.2) is 5.41 Å². The van der Waals surface area contributed by atoms with Gasteiger partial charge in [0.25, 0.3) is 0 Å². The van der Waals surface area contributed by atoms with Crippen LogP contribution in [-0.2, 0) is 14.3 Å². The Hall–Kier alpha value is -1.43. The molecule has 146 valence electrons. The van der Waals surface area contributed by atoms with E-state index in [4.69, 9.17) is 9.47 Å². The van der Waals surface area contributed by atoms with Crippen LogP contribution in [0.25, 0.3) is 0 Å². The van der Waals surface area contributed by atoms with E-state index in [0.717, 1.165) is 19.3 Å². The monoisotopic (exact) mass is 430 g/mol. The number of esters is 2. The van der Waals surface area contributed by atoms with Gasteiger partial charge in [0.05, 0.1) is 11.1 Å². The van der Waals surface area contributed by atoms with Gasteiger partial charge in [-0.1, -0.05) is 45.4 Å². The highest BCUT2D eigenvalue weighted by Gasteiger charge is 2.40. The van der Waals surface area contributed by atoms with Crippen LogP contribution >= 0.6 is 15.9 Å². The predicted octanol–water partition coefficient (Wildman–Crippen LogP) is 5.81. The Morgan fingerprint density at radius 2 is 1.65 bits per heavy atom. The third kappa shape index (κ3) is 7.44. The molecule has 0 fully saturated rings. The van der Waals surface area contributed by atoms with Gasteiger partial charge in [-0.2, -0.15) is 0 Å². The summed E-state index contributed by atoms with van der Waals surface area (Å²) in [6, 6.07) is 3.70. The number of halogens is 2. The molecule has 0 saturated heterocycles. The topological polar surface area (TPSA) is 52.6 Å². The van der Waals surface area contributed by atoms with Crippen molar-refractivity contribution in [1.82, 2.24) is 0 Å². The van der Waals surface area contributed by atoms with E-state index in [2.05, 4.69) is 22.9 Å². The summed E-state index contributed by atoms with van der Waals surface area (Å²) in [5.74, 6) is -1.66.